The summed E-state index contributed by atoms with van der Waals surface area (Å²) in [5.41, 5.74) is 4.02. The van der Waals surface area contributed by atoms with Crippen molar-refractivity contribution in [3.8, 4) is 0 Å². The van der Waals surface area contributed by atoms with E-state index < -0.39 is 5.97 Å². The lowest BCUT2D eigenvalue weighted by Gasteiger charge is -2.09. The van der Waals surface area contributed by atoms with Crippen LogP contribution in [-0.4, -0.2) is 37.5 Å². The van der Waals surface area contributed by atoms with Crippen molar-refractivity contribution in [1.82, 2.24) is 24.4 Å². The van der Waals surface area contributed by atoms with Gasteiger partial charge in [0, 0.05) is 17.3 Å². The Hall–Kier alpha value is -4.20. The van der Waals surface area contributed by atoms with E-state index in [2.05, 4.69) is 32.6 Å². The summed E-state index contributed by atoms with van der Waals surface area (Å²) >= 11 is 0. The van der Waals surface area contributed by atoms with Crippen LogP contribution in [0.3, 0.4) is 0 Å². The van der Waals surface area contributed by atoms with Gasteiger partial charge in [0.15, 0.2) is 5.82 Å². The minimum Gasteiger partial charge on any atom is -0.465 e. The molecule has 0 unspecified atom stereocenters. The number of methoxy groups -OCH3 is 1. The lowest BCUT2D eigenvalue weighted by molar-refractivity contribution is 0.0603. The number of aromatic nitrogens is 5. The highest BCUT2D eigenvalue weighted by Crippen LogP contribution is 2.26. The number of fused-ring (bicyclic) bond motifs is 2. The topological polar surface area (TPSA) is 86.3 Å². The molecule has 0 saturated carbocycles. The molecule has 30 heavy (non-hydrogen) atoms. The van der Waals surface area contributed by atoms with E-state index in [1.165, 1.54) is 19.0 Å². The van der Waals surface area contributed by atoms with E-state index in [-0.39, 0.29) is 0 Å². The van der Waals surface area contributed by atoms with Crippen molar-refractivity contribution in [1.29, 1.82) is 0 Å². The van der Waals surface area contributed by atoms with Crippen LogP contribution in [0.1, 0.15) is 15.9 Å². The van der Waals surface area contributed by atoms with Crippen molar-refractivity contribution in [2.75, 3.05) is 12.4 Å². The minimum absolute atomic E-state index is 0.400. The first kappa shape index (κ1) is 17.9. The highest BCUT2D eigenvalue weighted by molar-refractivity contribution is 6.01. The molecule has 3 heterocycles. The molecule has 8 nitrogen and oxygen atoms in total. The molecule has 1 N–H and O–H groups in total. The fraction of sp³-hybridized carbons (Fsp3) is 0.0909. The Bertz CT molecular complexity index is 1360. The highest BCUT2D eigenvalue weighted by atomic mass is 16.5. The molecule has 0 bridgehead atoms. The molecule has 0 amide bonds. The summed E-state index contributed by atoms with van der Waals surface area (Å²) in [5.74, 6) is 0.0828. The highest BCUT2D eigenvalue weighted by Gasteiger charge is 2.17. The number of hydrogen-bond donors (Lipinski definition) is 1. The van der Waals surface area contributed by atoms with Gasteiger partial charge in [-0.2, -0.15) is 10.2 Å². The summed E-state index contributed by atoms with van der Waals surface area (Å²) in [6.07, 6.45) is 4.98. The standard InChI is InChI=1S/C22H18N6O2/c1-30-22(29)18-9-10-27-20(18)21(23-14-25-27)26-17-7-8-19-16(11-17)12-24-28(19)13-15-5-3-2-4-6-15/h2-12,14H,13H2,1H3,(H,23,25,26). The van der Waals surface area contributed by atoms with Gasteiger partial charge in [-0.05, 0) is 29.8 Å². The van der Waals surface area contributed by atoms with Crippen LogP contribution < -0.4 is 5.32 Å². The third kappa shape index (κ3) is 3.14. The Kier molecular flexibility index (Phi) is 4.36. The van der Waals surface area contributed by atoms with E-state index in [0.717, 1.165) is 16.6 Å². The number of ether oxygens (including phenoxy) is 1. The molecule has 5 rings (SSSR count). The van der Waals surface area contributed by atoms with Gasteiger partial charge in [0.2, 0.25) is 0 Å². The zero-order valence-electron chi connectivity index (χ0n) is 16.2. The van der Waals surface area contributed by atoms with Gasteiger partial charge in [-0.25, -0.2) is 14.3 Å². The monoisotopic (exact) mass is 398 g/mol. The maximum atomic E-state index is 12.1. The molecule has 148 valence electrons. The van der Waals surface area contributed by atoms with Gasteiger partial charge in [0.05, 0.1) is 30.9 Å². The summed E-state index contributed by atoms with van der Waals surface area (Å²) in [5, 5.41) is 13.0. The normalized spacial score (nSPS) is 11.1. The molecule has 0 atom stereocenters. The molecule has 0 fully saturated rings. The average Bonchev–Trinajstić information content (AvgIpc) is 3.39. The molecule has 0 saturated heterocycles. The summed E-state index contributed by atoms with van der Waals surface area (Å²) in [7, 11) is 1.35. The van der Waals surface area contributed by atoms with Crippen LogP contribution in [0.4, 0.5) is 11.5 Å². The molecule has 5 aromatic rings. The number of carbonyl (C=O) groups excluding carboxylic acids is 1. The fourth-order valence-corrected chi connectivity index (χ4v) is 3.50. The second-order valence-corrected chi connectivity index (χ2v) is 6.81. The second kappa shape index (κ2) is 7.32. The number of benzene rings is 2. The van der Waals surface area contributed by atoms with E-state index in [0.29, 0.717) is 23.4 Å². The van der Waals surface area contributed by atoms with Crippen LogP contribution in [0.15, 0.2) is 73.3 Å². The fourth-order valence-electron chi connectivity index (χ4n) is 3.50. The van der Waals surface area contributed by atoms with Gasteiger partial charge < -0.3 is 10.1 Å². The lowest BCUT2D eigenvalue weighted by atomic mass is 10.2. The van der Waals surface area contributed by atoms with Crippen molar-refractivity contribution in [3.05, 3.63) is 84.4 Å². The molecule has 2 aromatic carbocycles. The van der Waals surface area contributed by atoms with Crippen molar-refractivity contribution >= 4 is 33.9 Å². The van der Waals surface area contributed by atoms with E-state index in [9.17, 15) is 4.79 Å². The molecule has 0 aliphatic rings. The molecule has 8 heteroatoms. The Morgan fingerprint density at radius 3 is 2.80 bits per heavy atom. The number of carbonyl (C=O) groups is 1. The van der Waals surface area contributed by atoms with Crippen LogP contribution in [0, 0.1) is 0 Å². The van der Waals surface area contributed by atoms with Crippen LogP contribution in [0.25, 0.3) is 16.4 Å². The van der Waals surface area contributed by atoms with Gasteiger partial charge >= 0.3 is 5.97 Å². The van der Waals surface area contributed by atoms with Gasteiger partial charge in [-0.15, -0.1) is 0 Å². The van der Waals surface area contributed by atoms with Crippen LogP contribution in [0.2, 0.25) is 0 Å². The molecule has 3 aromatic heterocycles. The lowest BCUT2D eigenvalue weighted by Crippen LogP contribution is -2.05. The zero-order valence-corrected chi connectivity index (χ0v) is 16.2. The molecular weight excluding hydrogens is 380 g/mol. The van der Waals surface area contributed by atoms with E-state index in [1.807, 2.05) is 47.3 Å². The third-order valence-electron chi connectivity index (χ3n) is 4.94. The SMILES string of the molecule is COC(=O)c1ccn2ncnc(Nc3ccc4c(cnn4Cc4ccccc4)c3)c12. The van der Waals surface area contributed by atoms with Crippen LogP contribution in [-0.2, 0) is 11.3 Å². The summed E-state index contributed by atoms with van der Waals surface area (Å²) < 4.78 is 8.44. The van der Waals surface area contributed by atoms with Crippen molar-refractivity contribution in [3.63, 3.8) is 0 Å². The molecular formula is C22H18N6O2. The Labute approximate surface area is 171 Å². The first-order valence-electron chi connectivity index (χ1n) is 9.40. The quantitative estimate of drug-likeness (QED) is 0.455. The Morgan fingerprint density at radius 2 is 1.97 bits per heavy atom. The molecule has 0 radical (unpaired) electrons. The van der Waals surface area contributed by atoms with Crippen LogP contribution in [0.5, 0.6) is 0 Å². The smallest absolute Gasteiger partial charge is 0.340 e. The summed E-state index contributed by atoms with van der Waals surface area (Å²) in [6, 6.07) is 17.9. The van der Waals surface area contributed by atoms with Crippen molar-refractivity contribution in [2.45, 2.75) is 6.54 Å². The van der Waals surface area contributed by atoms with E-state index >= 15 is 0 Å². The number of esters is 1. The average molecular weight is 398 g/mol. The first-order valence-corrected chi connectivity index (χ1v) is 9.40. The largest absolute Gasteiger partial charge is 0.465 e. The summed E-state index contributed by atoms with van der Waals surface area (Å²) in [4.78, 5) is 16.4. The summed E-state index contributed by atoms with van der Waals surface area (Å²) in [6.45, 7) is 0.705. The Morgan fingerprint density at radius 1 is 1.10 bits per heavy atom. The Balaban J connectivity index is 1.48. The van der Waals surface area contributed by atoms with Gasteiger partial charge in [0.1, 0.15) is 11.8 Å². The second-order valence-electron chi connectivity index (χ2n) is 6.81. The number of nitrogens with one attached hydrogen (secondary N) is 1. The maximum absolute atomic E-state index is 12.1. The number of rotatable bonds is 5. The number of anilines is 2. The number of nitrogens with zero attached hydrogens (tertiary/aromatic N) is 5. The third-order valence-corrected chi connectivity index (χ3v) is 4.94. The zero-order chi connectivity index (χ0) is 20.5. The first-order chi connectivity index (χ1) is 14.7. The van der Waals surface area contributed by atoms with Gasteiger partial charge in [-0.3, -0.25) is 4.68 Å². The minimum atomic E-state index is -0.437. The maximum Gasteiger partial charge on any atom is 0.340 e. The van der Waals surface area contributed by atoms with Crippen LogP contribution >= 0.6 is 0 Å². The predicted molar refractivity (Wildman–Crippen MR) is 113 cm³/mol. The van der Waals surface area contributed by atoms with E-state index in [4.69, 9.17) is 4.74 Å². The van der Waals surface area contributed by atoms with Crippen molar-refractivity contribution in [2.24, 2.45) is 0 Å². The van der Waals surface area contributed by atoms with Crippen molar-refractivity contribution < 1.29 is 9.53 Å². The predicted octanol–water partition coefficient (Wildman–Crippen LogP) is 3.66. The molecule has 0 aliphatic heterocycles. The van der Waals surface area contributed by atoms with E-state index in [1.54, 1.807) is 16.8 Å². The van der Waals surface area contributed by atoms with Gasteiger partial charge in [0.25, 0.3) is 0 Å². The number of hydrogen-bond acceptors (Lipinski definition) is 6. The molecule has 0 spiro atoms. The molecule has 0 aliphatic carbocycles. The van der Waals surface area contributed by atoms with Gasteiger partial charge in [-0.1, -0.05) is 30.3 Å².